The van der Waals surface area contributed by atoms with Gasteiger partial charge in [-0.3, -0.25) is 4.79 Å². The van der Waals surface area contributed by atoms with Crippen molar-refractivity contribution in [3.8, 4) is 0 Å². The Kier molecular flexibility index (Phi) is 19.2. The minimum Gasteiger partial charge on any atom is -0.481 e. The minimum atomic E-state index is -0.704. The molecule has 0 unspecified atom stereocenters. The van der Waals surface area contributed by atoms with Crippen LogP contribution >= 0.6 is 0 Å². The normalized spacial score (nSPS) is 12.4. The zero-order valence-corrected chi connectivity index (χ0v) is 16.2. The van der Waals surface area contributed by atoms with Gasteiger partial charge in [-0.1, -0.05) is 68.4 Å². The van der Waals surface area contributed by atoms with Crippen molar-refractivity contribution < 1.29 is 9.90 Å². The Morgan fingerprint density at radius 1 is 0.600 bits per heavy atom. The van der Waals surface area contributed by atoms with Crippen molar-refractivity contribution in [1.29, 1.82) is 0 Å². The maximum atomic E-state index is 10.4. The lowest BCUT2D eigenvalue weighted by Gasteiger charge is -1.92. The maximum absolute atomic E-state index is 10.4. The molecule has 0 spiro atoms. The first-order valence-corrected chi connectivity index (χ1v) is 10.1. The van der Waals surface area contributed by atoms with E-state index in [-0.39, 0.29) is 6.42 Å². The van der Waals surface area contributed by atoms with Crippen molar-refractivity contribution in [3.05, 3.63) is 48.6 Å². The van der Waals surface area contributed by atoms with Gasteiger partial charge in [-0.2, -0.15) is 0 Å². The molecule has 0 aliphatic rings. The summed E-state index contributed by atoms with van der Waals surface area (Å²) in [6.07, 6.45) is 31.8. The summed E-state index contributed by atoms with van der Waals surface area (Å²) >= 11 is 0. The van der Waals surface area contributed by atoms with Crippen molar-refractivity contribution in [3.63, 3.8) is 0 Å². The van der Waals surface area contributed by atoms with Gasteiger partial charge in [-0.15, -0.1) is 0 Å². The van der Waals surface area contributed by atoms with E-state index in [2.05, 4.69) is 55.5 Å². The van der Waals surface area contributed by atoms with E-state index in [0.29, 0.717) is 0 Å². The molecule has 142 valence electrons. The highest BCUT2D eigenvalue weighted by Crippen LogP contribution is 2.03. The van der Waals surface area contributed by atoms with E-state index in [1.54, 1.807) is 0 Å². The third-order valence-corrected chi connectivity index (χ3v) is 3.90. The molecular weight excluding hydrogens is 308 g/mol. The van der Waals surface area contributed by atoms with Gasteiger partial charge >= 0.3 is 5.97 Å². The van der Waals surface area contributed by atoms with Gasteiger partial charge < -0.3 is 5.11 Å². The number of carboxylic acid groups (broad SMARTS) is 1. The number of carboxylic acids is 1. The lowest BCUT2D eigenvalue weighted by Crippen LogP contribution is -1.92. The molecule has 0 rings (SSSR count). The number of carbonyl (C=O) groups is 1. The summed E-state index contributed by atoms with van der Waals surface area (Å²) in [6, 6.07) is 0. The highest BCUT2D eigenvalue weighted by Gasteiger charge is 1.92. The number of hydrogen-bond acceptors (Lipinski definition) is 1. The maximum Gasteiger partial charge on any atom is 0.303 e. The van der Waals surface area contributed by atoms with Crippen molar-refractivity contribution >= 4 is 5.97 Å². The number of allylic oxidation sites excluding steroid dienone is 8. The predicted molar refractivity (Wildman–Crippen MR) is 110 cm³/mol. The highest BCUT2D eigenvalue weighted by atomic mass is 16.4. The second kappa shape index (κ2) is 20.5. The van der Waals surface area contributed by atoms with E-state index in [0.717, 1.165) is 51.4 Å². The Hall–Kier alpha value is -1.57. The SMILES string of the molecule is CCCCC/C=C\CC/C=C\CC/C=C\CC/C=C\CCCC(=O)O. The van der Waals surface area contributed by atoms with Gasteiger partial charge in [0.05, 0.1) is 0 Å². The fourth-order valence-corrected chi connectivity index (χ4v) is 2.40. The van der Waals surface area contributed by atoms with E-state index in [1.807, 2.05) is 0 Å². The fraction of sp³-hybridized carbons (Fsp3) is 0.609. The number of unbranched alkanes of at least 4 members (excludes halogenated alkanes) is 7. The molecular formula is C23H38O2. The van der Waals surface area contributed by atoms with Crippen LogP contribution in [0.2, 0.25) is 0 Å². The summed E-state index contributed by atoms with van der Waals surface area (Å²) in [4.78, 5) is 10.4. The largest absolute Gasteiger partial charge is 0.481 e. The Labute approximate surface area is 155 Å². The van der Waals surface area contributed by atoms with E-state index in [9.17, 15) is 4.79 Å². The third kappa shape index (κ3) is 22.4. The van der Waals surface area contributed by atoms with Crippen molar-refractivity contribution in [2.45, 2.75) is 90.4 Å². The Bertz CT molecular complexity index is 402. The summed E-state index contributed by atoms with van der Waals surface area (Å²) in [5.41, 5.74) is 0. The molecule has 1 N–H and O–H groups in total. The fourth-order valence-electron chi connectivity index (χ4n) is 2.40. The summed E-state index contributed by atoms with van der Waals surface area (Å²) in [6.45, 7) is 2.24. The molecule has 0 aromatic rings. The zero-order chi connectivity index (χ0) is 18.4. The van der Waals surface area contributed by atoms with Gasteiger partial charge in [-0.05, 0) is 64.2 Å². The molecule has 0 heterocycles. The molecule has 0 aliphatic heterocycles. The van der Waals surface area contributed by atoms with Crippen LogP contribution in [-0.2, 0) is 4.79 Å². The molecule has 2 nitrogen and oxygen atoms in total. The van der Waals surface area contributed by atoms with Crippen molar-refractivity contribution in [2.75, 3.05) is 0 Å². The monoisotopic (exact) mass is 346 g/mol. The van der Waals surface area contributed by atoms with Crippen LogP contribution in [0.3, 0.4) is 0 Å². The zero-order valence-electron chi connectivity index (χ0n) is 16.2. The van der Waals surface area contributed by atoms with Gasteiger partial charge in [0.1, 0.15) is 0 Å². The van der Waals surface area contributed by atoms with Crippen LogP contribution in [0.5, 0.6) is 0 Å². The molecule has 0 aliphatic carbocycles. The van der Waals surface area contributed by atoms with Gasteiger partial charge in [0.2, 0.25) is 0 Å². The van der Waals surface area contributed by atoms with Gasteiger partial charge in [0.25, 0.3) is 0 Å². The number of rotatable bonds is 17. The van der Waals surface area contributed by atoms with Crippen LogP contribution in [0.15, 0.2) is 48.6 Å². The average molecular weight is 347 g/mol. The minimum absolute atomic E-state index is 0.271. The Balaban J connectivity index is 3.34. The third-order valence-electron chi connectivity index (χ3n) is 3.90. The van der Waals surface area contributed by atoms with Crippen molar-refractivity contribution in [1.82, 2.24) is 0 Å². The molecule has 2 heteroatoms. The predicted octanol–water partition coefficient (Wildman–Crippen LogP) is 7.39. The lowest BCUT2D eigenvalue weighted by atomic mass is 10.1. The van der Waals surface area contributed by atoms with Crippen LogP contribution in [0.4, 0.5) is 0 Å². The first kappa shape index (κ1) is 23.4. The Morgan fingerprint density at radius 2 is 0.960 bits per heavy atom. The van der Waals surface area contributed by atoms with Crippen LogP contribution in [0.25, 0.3) is 0 Å². The van der Waals surface area contributed by atoms with E-state index >= 15 is 0 Å². The smallest absolute Gasteiger partial charge is 0.303 e. The summed E-state index contributed by atoms with van der Waals surface area (Å²) in [5, 5.41) is 8.52. The van der Waals surface area contributed by atoms with E-state index < -0.39 is 5.97 Å². The van der Waals surface area contributed by atoms with E-state index in [4.69, 9.17) is 5.11 Å². The molecule has 0 bridgehead atoms. The van der Waals surface area contributed by atoms with E-state index in [1.165, 1.54) is 25.7 Å². The number of aliphatic carboxylic acids is 1. The molecule has 0 aromatic carbocycles. The molecule has 0 saturated carbocycles. The second-order valence-electron chi connectivity index (χ2n) is 6.40. The molecule has 0 saturated heterocycles. The number of hydrogen-bond donors (Lipinski definition) is 1. The van der Waals surface area contributed by atoms with Crippen LogP contribution < -0.4 is 0 Å². The Morgan fingerprint density at radius 3 is 1.32 bits per heavy atom. The summed E-state index contributed by atoms with van der Waals surface area (Å²) < 4.78 is 0. The standard InChI is InChI=1S/C23H38O2/c1-2-3-4-5-6-7-8-9-10-11-12-13-14-15-16-17-18-19-20-21-22-23(24)25/h6-7,10-11,14-15,18-19H,2-5,8-9,12-13,16-17,20-22H2,1H3,(H,24,25)/b7-6-,11-10-,15-14-,19-18-. The van der Waals surface area contributed by atoms with Gasteiger partial charge in [-0.25, -0.2) is 0 Å². The van der Waals surface area contributed by atoms with Gasteiger partial charge in [0.15, 0.2) is 0 Å². The summed E-state index contributed by atoms with van der Waals surface area (Å²) in [5.74, 6) is -0.704. The van der Waals surface area contributed by atoms with Crippen LogP contribution in [-0.4, -0.2) is 11.1 Å². The molecule has 0 aromatic heterocycles. The molecule has 0 radical (unpaired) electrons. The molecule has 25 heavy (non-hydrogen) atoms. The summed E-state index contributed by atoms with van der Waals surface area (Å²) in [7, 11) is 0. The molecule has 0 fully saturated rings. The van der Waals surface area contributed by atoms with Crippen molar-refractivity contribution in [2.24, 2.45) is 0 Å². The molecule has 0 atom stereocenters. The molecule has 0 amide bonds. The lowest BCUT2D eigenvalue weighted by molar-refractivity contribution is -0.137. The highest BCUT2D eigenvalue weighted by molar-refractivity contribution is 5.66. The van der Waals surface area contributed by atoms with Crippen LogP contribution in [0.1, 0.15) is 90.4 Å². The van der Waals surface area contributed by atoms with Crippen LogP contribution in [0, 0.1) is 0 Å². The quantitative estimate of drug-likeness (QED) is 0.220. The first-order valence-electron chi connectivity index (χ1n) is 10.1. The second-order valence-corrected chi connectivity index (χ2v) is 6.40. The first-order chi connectivity index (χ1) is 12.3. The topological polar surface area (TPSA) is 37.3 Å². The average Bonchev–Trinajstić information content (AvgIpc) is 2.60. The van der Waals surface area contributed by atoms with Gasteiger partial charge in [0, 0.05) is 6.42 Å².